The van der Waals surface area contributed by atoms with Crippen LogP contribution < -0.4 is 11.1 Å². The monoisotopic (exact) mass is 286 g/mol. The average Bonchev–Trinajstić information content (AvgIpc) is 2.95. The zero-order valence-corrected chi connectivity index (χ0v) is 12.5. The van der Waals surface area contributed by atoms with Gasteiger partial charge in [0.1, 0.15) is 0 Å². The van der Waals surface area contributed by atoms with E-state index >= 15 is 0 Å². The Morgan fingerprint density at radius 3 is 2.76 bits per heavy atom. The first kappa shape index (κ1) is 15.1. The smallest absolute Gasteiger partial charge is 0.248 e. The van der Waals surface area contributed by atoms with Gasteiger partial charge in [-0.15, -0.1) is 0 Å². The molecule has 5 nitrogen and oxygen atoms in total. The van der Waals surface area contributed by atoms with Gasteiger partial charge in [0.15, 0.2) is 0 Å². The van der Waals surface area contributed by atoms with Crippen molar-refractivity contribution in [1.82, 2.24) is 9.78 Å². The Labute approximate surface area is 125 Å². The number of primary amides is 1. The van der Waals surface area contributed by atoms with Crippen molar-refractivity contribution in [2.45, 2.75) is 39.3 Å². The lowest BCUT2D eigenvalue weighted by Crippen LogP contribution is -2.11. The summed E-state index contributed by atoms with van der Waals surface area (Å²) >= 11 is 0. The molecule has 0 radical (unpaired) electrons. The van der Waals surface area contributed by atoms with Crippen LogP contribution in [0.4, 0.5) is 5.69 Å². The van der Waals surface area contributed by atoms with Crippen molar-refractivity contribution in [2.75, 3.05) is 5.32 Å². The van der Waals surface area contributed by atoms with Crippen molar-refractivity contribution in [2.24, 2.45) is 5.73 Å². The number of rotatable bonds is 7. The number of nitrogens with zero attached hydrogens (tertiary/aromatic N) is 2. The highest BCUT2D eigenvalue weighted by Crippen LogP contribution is 2.15. The lowest BCUT2D eigenvalue weighted by atomic mass is 10.2. The molecule has 0 fully saturated rings. The molecule has 112 valence electrons. The Morgan fingerprint density at radius 1 is 1.33 bits per heavy atom. The lowest BCUT2D eigenvalue weighted by molar-refractivity contribution is 0.100. The molecule has 0 spiro atoms. The normalized spacial score (nSPS) is 10.8. The van der Waals surface area contributed by atoms with Crippen molar-refractivity contribution in [3.63, 3.8) is 0 Å². The number of nitrogens with one attached hydrogen (secondary N) is 1. The third kappa shape index (κ3) is 3.84. The minimum atomic E-state index is -0.420. The molecule has 0 saturated heterocycles. The number of carbonyl (C=O) groups is 1. The molecule has 5 heteroatoms. The lowest BCUT2D eigenvalue weighted by Gasteiger charge is -2.12. The summed E-state index contributed by atoms with van der Waals surface area (Å²) in [6.07, 6.45) is 4.17. The van der Waals surface area contributed by atoms with Crippen LogP contribution in [0, 0.1) is 0 Å². The van der Waals surface area contributed by atoms with Crippen molar-refractivity contribution in [3.05, 3.63) is 47.8 Å². The van der Waals surface area contributed by atoms with Crippen LogP contribution in [0.3, 0.4) is 0 Å². The molecule has 1 heterocycles. The first-order chi connectivity index (χ1) is 10.1. The van der Waals surface area contributed by atoms with Crippen LogP contribution in [-0.4, -0.2) is 15.7 Å². The molecule has 1 aromatic heterocycles. The molecular formula is C16H22N4O. The average molecular weight is 286 g/mol. The van der Waals surface area contributed by atoms with E-state index in [2.05, 4.69) is 24.3 Å². The SMILES string of the molecule is CCC(CC)n1ccc(CNc2cccc(C(N)=O)c2)n1. The number of aromatic nitrogens is 2. The first-order valence-electron chi connectivity index (χ1n) is 7.31. The Hall–Kier alpha value is -2.30. The van der Waals surface area contributed by atoms with Crippen LogP contribution in [0.25, 0.3) is 0 Å². The Balaban J connectivity index is 2.00. The summed E-state index contributed by atoms with van der Waals surface area (Å²) < 4.78 is 2.02. The van der Waals surface area contributed by atoms with E-state index in [0.29, 0.717) is 18.2 Å². The molecule has 21 heavy (non-hydrogen) atoms. The number of hydrogen-bond acceptors (Lipinski definition) is 3. The van der Waals surface area contributed by atoms with Crippen molar-refractivity contribution < 1.29 is 4.79 Å². The summed E-state index contributed by atoms with van der Waals surface area (Å²) in [4.78, 5) is 11.2. The number of amides is 1. The molecule has 1 amide bonds. The molecule has 2 rings (SSSR count). The highest BCUT2D eigenvalue weighted by Gasteiger charge is 2.08. The maximum absolute atomic E-state index is 11.2. The minimum absolute atomic E-state index is 0.420. The summed E-state index contributed by atoms with van der Waals surface area (Å²) in [5, 5.41) is 7.85. The van der Waals surface area contributed by atoms with Crippen LogP contribution in [0.2, 0.25) is 0 Å². The van der Waals surface area contributed by atoms with Gasteiger partial charge < -0.3 is 11.1 Å². The number of hydrogen-bond donors (Lipinski definition) is 2. The van der Waals surface area contributed by atoms with E-state index in [4.69, 9.17) is 5.73 Å². The predicted molar refractivity (Wildman–Crippen MR) is 84.1 cm³/mol. The number of benzene rings is 1. The molecule has 0 bridgehead atoms. The Bertz CT molecular complexity index is 602. The third-order valence-corrected chi connectivity index (χ3v) is 3.60. The van der Waals surface area contributed by atoms with Gasteiger partial charge >= 0.3 is 0 Å². The van der Waals surface area contributed by atoms with Crippen molar-refractivity contribution in [3.8, 4) is 0 Å². The summed E-state index contributed by atoms with van der Waals surface area (Å²) in [6.45, 7) is 4.96. The highest BCUT2D eigenvalue weighted by atomic mass is 16.1. The van der Waals surface area contributed by atoms with Gasteiger partial charge in [0.05, 0.1) is 18.3 Å². The van der Waals surface area contributed by atoms with E-state index in [-0.39, 0.29) is 0 Å². The van der Waals surface area contributed by atoms with Gasteiger partial charge in [-0.05, 0) is 37.1 Å². The second-order valence-electron chi connectivity index (χ2n) is 5.06. The standard InChI is InChI=1S/C16H22N4O/c1-3-15(4-2)20-9-8-14(19-20)11-18-13-7-5-6-12(10-13)16(17)21/h5-10,15,18H,3-4,11H2,1-2H3,(H2,17,21). The third-order valence-electron chi connectivity index (χ3n) is 3.60. The van der Waals surface area contributed by atoms with E-state index in [1.165, 1.54) is 0 Å². The highest BCUT2D eigenvalue weighted by molar-refractivity contribution is 5.93. The molecule has 0 aliphatic rings. The molecule has 0 atom stereocenters. The van der Waals surface area contributed by atoms with Crippen LogP contribution in [0.1, 0.15) is 48.8 Å². The van der Waals surface area contributed by atoms with E-state index < -0.39 is 5.91 Å². The van der Waals surface area contributed by atoms with Gasteiger partial charge in [-0.1, -0.05) is 19.9 Å². The van der Waals surface area contributed by atoms with Crippen molar-refractivity contribution >= 4 is 11.6 Å². The molecule has 2 aromatic rings. The Morgan fingerprint density at radius 2 is 2.10 bits per heavy atom. The summed E-state index contributed by atoms with van der Waals surface area (Å²) in [7, 11) is 0. The topological polar surface area (TPSA) is 72.9 Å². The van der Waals surface area contributed by atoms with Crippen molar-refractivity contribution in [1.29, 1.82) is 0 Å². The van der Waals surface area contributed by atoms with Gasteiger partial charge in [-0.25, -0.2) is 0 Å². The molecule has 1 aromatic carbocycles. The molecule has 0 unspecified atom stereocenters. The number of carbonyl (C=O) groups excluding carboxylic acids is 1. The fourth-order valence-electron chi connectivity index (χ4n) is 2.31. The second-order valence-corrected chi connectivity index (χ2v) is 5.06. The second kappa shape index (κ2) is 6.92. The van der Waals surface area contributed by atoms with Crippen LogP contribution in [0.15, 0.2) is 36.5 Å². The molecule has 0 saturated carbocycles. The minimum Gasteiger partial charge on any atom is -0.379 e. The number of anilines is 1. The van der Waals surface area contributed by atoms with E-state index in [1.807, 2.05) is 29.1 Å². The van der Waals surface area contributed by atoms with E-state index in [0.717, 1.165) is 24.2 Å². The van der Waals surface area contributed by atoms with Crippen LogP contribution >= 0.6 is 0 Å². The van der Waals surface area contributed by atoms with Gasteiger partial charge in [-0.3, -0.25) is 9.48 Å². The Kier molecular flexibility index (Phi) is 4.98. The summed E-state index contributed by atoms with van der Waals surface area (Å²) in [5.74, 6) is -0.420. The van der Waals surface area contributed by atoms with E-state index in [1.54, 1.807) is 12.1 Å². The van der Waals surface area contributed by atoms with Crippen LogP contribution in [0.5, 0.6) is 0 Å². The first-order valence-corrected chi connectivity index (χ1v) is 7.31. The summed E-state index contributed by atoms with van der Waals surface area (Å²) in [5.41, 5.74) is 7.62. The maximum Gasteiger partial charge on any atom is 0.248 e. The quantitative estimate of drug-likeness (QED) is 0.822. The fraction of sp³-hybridized carbons (Fsp3) is 0.375. The van der Waals surface area contributed by atoms with Gasteiger partial charge in [0.25, 0.3) is 0 Å². The zero-order chi connectivity index (χ0) is 15.2. The molecule has 3 N–H and O–H groups in total. The maximum atomic E-state index is 11.2. The van der Waals surface area contributed by atoms with Gasteiger partial charge in [0.2, 0.25) is 5.91 Å². The largest absolute Gasteiger partial charge is 0.379 e. The fourth-order valence-corrected chi connectivity index (χ4v) is 2.31. The van der Waals surface area contributed by atoms with Crippen LogP contribution in [-0.2, 0) is 6.54 Å². The molecule has 0 aliphatic carbocycles. The molecular weight excluding hydrogens is 264 g/mol. The molecule has 0 aliphatic heterocycles. The number of nitrogens with two attached hydrogens (primary N) is 1. The van der Waals surface area contributed by atoms with E-state index in [9.17, 15) is 4.79 Å². The predicted octanol–water partition coefficient (Wildman–Crippen LogP) is 2.96. The summed E-state index contributed by atoms with van der Waals surface area (Å²) in [6, 6.07) is 9.64. The van der Waals surface area contributed by atoms with Gasteiger partial charge in [0, 0.05) is 17.4 Å². The van der Waals surface area contributed by atoms with Gasteiger partial charge in [-0.2, -0.15) is 5.10 Å². The zero-order valence-electron chi connectivity index (χ0n) is 12.5.